The Bertz CT molecular complexity index is 718. The summed E-state index contributed by atoms with van der Waals surface area (Å²) >= 11 is 5.94. The van der Waals surface area contributed by atoms with E-state index in [0.29, 0.717) is 23.6 Å². The third kappa shape index (κ3) is 3.73. The molecule has 0 spiro atoms. The maximum absolute atomic E-state index is 12.2. The van der Waals surface area contributed by atoms with Gasteiger partial charge in [0.25, 0.3) is 11.6 Å². The number of hydrogen-bond donors (Lipinski definition) is 1. The minimum absolute atomic E-state index is 0.100. The van der Waals surface area contributed by atoms with Crippen molar-refractivity contribution in [1.29, 1.82) is 0 Å². The van der Waals surface area contributed by atoms with Crippen molar-refractivity contribution in [1.82, 2.24) is 0 Å². The molecule has 1 N–H and O–H groups in total. The van der Waals surface area contributed by atoms with Gasteiger partial charge in [0.15, 0.2) is 0 Å². The highest BCUT2D eigenvalue weighted by Gasteiger charge is 2.13. The second-order valence-electron chi connectivity index (χ2n) is 4.34. The van der Waals surface area contributed by atoms with E-state index >= 15 is 0 Å². The zero-order valence-electron chi connectivity index (χ0n) is 11.7. The number of carbonyl (C=O) groups excluding carboxylic acids is 1. The van der Waals surface area contributed by atoms with E-state index in [0.717, 1.165) is 0 Å². The van der Waals surface area contributed by atoms with E-state index in [9.17, 15) is 14.9 Å². The first-order valence-electron chi connectivity index (χ1n) is 6.49. The fourth-order valence-electron chi connectivity index (χ4n) is 1.81. The predicted octanol–water partition coefficient (Wildman–Crippen LogP) is 3.90. The molecule has 0 aromatic heterocycles. The number of amides is 1. The van der Waals surface area contributed by atoms with Gasteiger partial charge in [0.05, 0.1) is 22.2 Å². The lowest BCUT2D eigenvalue weighted by Crippen LogP contribution is -2.12. The number of non-ortho nitro benzene ring substituents is 1. The van der Waals surface area contributed by atoms with Crippen molar-refractivity contribution in [2.75, 3.05) is 11.9 Å². The van der Waals surface area contributed by atoms with Gasteiger partial charge in [0.2, 0.25) is 0 Å². The lowest BCUT2D eigenvalue weighted by Gasteiger charge is -2.08. The van der Waals surface area contributed by atoms with Gasteiger partial charge in [-0.2, -0.15) is 0 Å². The molecule has 0 aliphatic carbocycles. The van der Waals surface area contributed by atoms with Crippen molar-refractivity contribution in [3.05, 3.63) is 63.2 Å². The van der Waals surface area contributed by atoms with Gasteiger partial charge in [-0.25, -0.2) is 0 Å². The monoisotopic (exact) mass is 320 g/mol. The molecule has 2 aromatic rings. The topological polar surface area (TPSA) is 81.5 Å². The van der Waals surface area contributed by atoms with Crippen LogP contribution in [0.25, 0.3) is 0 Å². The van der Waals surface area contributed by atoms with Crippen LogP contribution in [0.5, 0.6) is 5.75 Å². The summed E-state index contributed by atoms with van der Waals surface area (Å²) in [5, 5.41) is 13.4. The molecule has 2 rings (SSSR count). The average Bonchev–Trinajstić information content (AvgIpc) is 2.49. The van der Waals surface area contributed by atoms with E-state index in [1.165, 1.54) is 18.2 Å². The first kappa shape index (κ1) is 15.8. The van der Waals surface area contributed by atoms with Crippen molar-refractivity contribution in [2.24, 2.45) is 0 Å². The van der Waals surface area contributed by atoms with E-state index in [1.807, 2.05) is 6.92 Å². The average molecular weight is 321 g/mol. The molecule has 22 heavy (non-hydrogen) atoms. The summed E-state index contributed by atoms with van der Waals surface area (Å²) in [5.74, 6) is 0.210. The molecular formula is C15H13ClN2O4. The van der Waals surface area contributed by atoms with Gasteiger partial charge in [-0.1, -0.05) is 17.7 Å². The second-order valence-corrected chi connectivity index (χ2v) is 4.74. The second kappa shape index (κ2) is 6.91. The van der Waals surface area contributed by atoms with Crippen LogP contribution in [0.2, 0.25) is 5.02 Å². The maximum atomic E-state index is 12.2. The fraction of sp³-hybridized carbons (Fsp3) is 0.133. The number of benzene rings is 2. The molecule has 0 fully saturated rings. The van der Waals surface area contributed by atoms with Crippen molar-refractivity contribution in [2.45, 2.75) is 6.92 Å². The summed E-state index contributed by atoms with van der Waals surface area (Å²) in [4.78, 5) is 22.3. The van der Waals surface area contributed by atoms with Gasteiger partial charge in [0, 0.05) is 17.7 Å². The summed E-state index contributed by atoms with van der Waals surface area (Å²) in [6.45, 7) is 2.35. The number of hydrogen-bond acceptors (Lipinski definition) is 4. The number of ether oxygens (including phenoxy) is 1. The molecule has 2 aromatic carbocycles. The quantitative estimate of drug-likeness (QED) is 0.669. The van der Waals surface area contributed by atoms with Crippen molar-refractivity contribution >= 4 is 28.9 Å². The van der Waals surface area contributed by atoms with E-state index in [2.05, 4.69) is 5.32 Å². The van der Waals surface area contributed by atoms with Crippen LogP contribution >= 0.6 is 11.6 Å². The number of nitro benzene ring substituents is 1. The van der Waals surface area contributed by atoms with E-state index in [4.69, 9.17) is 16.3 Å². The van der Waals surface area contributed by atoms with Crippen LogP contribution in [0, 0.1) is 10.1 Å². The minimum Gasteiger partial charge on any atom is -0.494 e. The normalized spacial score (nSPS) is 10.1. The third-order valence-electron chi connectivity index (χ3n) is 2.82. The Hall–Kier alpha value is -2.60. The van der Waals surface area contributed by atoms with Crippen LogP contribution in [-0.4, -0.2) is 17.4 Å². The number of nitrogens with one attached hydrogen (secondary N) is 1. The summed E-state index contributed by atoms with van der Waals surface area (Å²) < 4.78 is 5.33. The predicted molar refractivity (Wildman–Crippen MR) is 83.7 cm³/mol. The lowest BCUT2D eigenvalue weighted by molar-refractivity contribution is -0.384. The number of halogens is 1. The van der Waals surface area contributed by atoms with Crippen LogP contribution in [0.15, 0.2) is 42.5 Å². The summed E-state index contributed by atoms with van der Waals surface area (Å²) in [5.41, 5.74) is 0.570. The largest absolute Gasteiger partial charge is 0.494 e. The molecule has 0 saturated heterocycles. The highest BCUT2D eigenvalue weighted by atomic mass is 35.5. The van der Waals surface area contributed by atoms with Crippen LogP contribution in [0.4, 0.5) is 11.4 Å². The SMILES string of the molecule is CCOc1cccc(C(=O)Nc2ccc([N+](=O)[O-])cc2Cl)c1. The molecule has 0 bridgehead atoms. The molecule has 1 amide bonds. The zero-order chi connectivity index (χ0) is 16.1. The molecule has 0 atom stereocenters. The molecule has 0 saturated carbocycles. The van der Waals surface area contributed by atoms with Crippen molar-refractivity contribution in [3.8, 4) is 5.75 Å². The molecule has 6 nitrogen and oxygen atoms in total. The van der Waals surface area contributed by atoms with Crippen molar-refractivity contribution in [3.63, 3.8) is 0 Å². The Balaban J connectivity index is 2.18. The Morgan fingerprint density at radius 2 is 2.09 bits per heavy atom. The van der Waals surface area contributed by atoms with E-state index < -0.39 is 4.92 Å². The molecule has 114 valence electrons. The lowest BCUT2D eigenvalue weighted by atomic mass is 10.2. The number of nitrogens with zero attached hydrogens (tertiary/aromatic N) is 1. The van der Waals surface area contributed by atoms with Gasteiger partial charge in [-0.15, -0.1) is 0 Å². The van der Waals surface area contributed by atoms with Gasteiger partial charge >= 0.3 is 0 Å². The number of nitro groups is 1. The fourth-order valence-corrected chi connectivity index (χ4v) is 2.03. The molecule has 0 aliphatic heterocycles. The van der Waals surface area contributed by atoms with Gasteiger partial charge < -0.3 is 10.1 Å². The van der Waals surface area contributed by atoms with Gasteiger partial charge in [0.1, 0.15) is 5.75 Å². The molecule has 0 aliphatic rings. The van der Waals surface area contributed by atoms with Crippen molar-refractivity contribution < 1.29 is 14.5 Å². The maximum Gasteiger partial charge on any atom is 0.271 e. The first-order chi connectivity index (χ1) is 10.5. The molecular weight excluding hydrogens is 308 g/mol. The standard InChI is InChI=1S/C15H13ClN2O4/c1-2-22-12-5-3-4-10(8-12)15(19)17-14-7-6-11(18(20)21)9-13(14)16/h3-9H,2H2,1H3,(H,17,19). The summed E-state index contributed by atoms with van der Waals surface area (Å²) in [6.07, 6.45) is 0. The molecule has 0 heterocycles. The van der Waals surface area contributed by atoms with Gasteiger partial charge in [-0.05, 0) is 31.2 Å². The van der Waals surface area contributed by atoms with Gasteiger partial charge in [-0.3, -0.25) is 14.9 Å². The smallest absolute Gasteiger partial charge is 0.271 e. The first-order valence-corrected chi connectivity index (χ1v) is 6.87. The zero-order valence-corrected chi connectivity index (χ0v) is 12.5. The minimum atomic E-state index is -0.553. The van der Waals surface area contributed by atoms with Crippen LogP contribution in [0.1, 0.15) is 17.3 Å². The number of rotatable bonds is 5. The Labute approximate surface area is 131 Å². The number of anilines is 1. The van der Waals surface area contributed by atoms with E-state index in [-0.39, 0.29) is 16.6 Å². The highest BCUT2D eigenvalue weighted by Crippen LogP contribution is 2.27. The Morgan fingerprint density at radius 1 is 1.32 bits per heavy atom. The summed E-state index contributed by atoms with van der Waals surface area (Å²) in [7, 11) is 0. The summed E-state index contributed by atoms with van der Waals surface area (Å²) in [6, 6.07) is 10.6. The van der Waals surface area contributed by atoms with Crippen LogP contribution in [-0.2, 0) is 0 Å². The molecule has 0 radical (unpaired) electrons. The van der Waals surface area contributed by atoms with Crippen LogP contribution in [0.3, 0.4) is 0 Å². The Morgan fingerprint density at radius 3 is 2.73 bits per heavy atom. The molecule has 7 heteroatoms. The highest BCUT2D eigenvalue weighted by molar-refractivity contribution is 6.34. The number of carbonyl (C=O) groups is 1. The van der Waals surface area contributed by atoms with E-state index in [1.54, 1.807) is 24.3 Å². The van der Waals surface area contributed by atoms with Crippen LogP contribution < -0.4 is 10.1 Å². The third-order valence-corrected chi connectivity index (χ3v) is 3.13. The Kier molecular flexibility index (Phi) is 4.95. The molecule has 0 unspecified atom stereocenters.